The highest BCUT2D eigenvalue weighted by molar-refractivity contribution is 6.60. The van der Waals surface area contributed by atoms with Crippen molar-refractivity contribution >= 4 is 8.80 Å². The van der Waals surface area contributed by atoms with E-state index in [0.717, 1.165) is 32.0 Å². The Morgan fingerprint density at radius 3 is 2.06 bits per heavy atom. The molecule has 17 heavy (non-hydrogen) atoms. The summed E-state index contributed by atoms with van der Waals surface area (Å²) in [5, 5.41) is 3.22. The van der Waals surface area contributed by atoms with E-state index in [2.05, 4.69) is 5.32 Å². The summed E-state index contributed by atoms with van der Waals surface area (Å²) >= 11 is 0. The Bertz CT molecular complexity index is 170. The molecular weight excluding hydrogens is 234 g/mol. The molecule has 5 heteroatoms. The zero-order valence-electron chi connectivity index (χ0n) is 12.6. The maximum atomic E-state index is 7.03. The van der Waals surface area contributed by atoms with Gasteiger partial charge in [-0.1, -0.05) is 6.90 Å². The predicted octanol–water partition coefficient (Wildman–Crippen LogP) is 2.42. The summed E-state index contributed by atoms with van der Waals surface area (Å²) in [7, 11) is -2.43. The van der Waals surface area contributed by atoms with Crippen LogP contribution in [0.4, 0.5) is 0 Å². The molecule has 0 saturated heterocycles. The quantitative estimate of drug-likeness (QED) is 0.434. The third-order valence-corrected chi connectivity index (χ3v) is 5.51. The fourth-order valence-electron chi connectivity index (χ4n) is 1.72. The highest BCUT2D eigenvalue weighted by Gasteiger charge is 2.39. The minimum atomic E-state index is -2.43. The fourth-order valence-corrected chi connectivity index (χ4v) is 4.40. The Labute approximate surface area is 109 Å². The van der Waals surface area contributed by atoms with Gasteiger partial charge in [0.2, 0.25) is 0 Å². The molecule has 0 spiro atoms. The van der Waals surface area contributed by atoms with Gasteiger partial charge in [0, 0.05) is 27.2 Å². The molecule has 0 rings (SSSR count). The first-order valence-electron chi connectivity index (χ1n) is 7.37. The molecule has 0 radical (unpaired) electrons. The third kappa shape index (κ3) is 7.89. The van der Waals surface area contributed by atoms with Gasteiger partial charge in [0.25, 0.3) is 0 Å². The fraction of sp³-hybridized carbons (Fsp3) is 1.00. The second kappa shape index (κ2) is 11.2. The van der Waals surface area contributed by atoms with E-state index in [0.29, 0.717) is 26.7 Å². The van der Waals surface area contributed by atoms with E-state index in [4.69, 9.17) is 14.6 Å². The van der Waals surface area contributed by atoms with Crippen LogP contribution in [0.15, 0.2) is 0 Å². The summed E-state index contributed by atoms with van der Waals surface area (Å²) in [6.07, 6.45) is 2.11. The van der Waals surface area contributed by atoms with Gasteiger partial charge in [-0.05, 0) is 46.7 Å². The van der Waals surface area contributed by atoms with Crippen molar-refractivity contribution in [3.05, 3.63) is 0 Å². The van der Waals surface area contributed by atoms with Crippen LogP contribution in [0.5, 0.6) is 0 Å². The molecule has 104 valence electrons. The van der Waals surface area contributed by atoms with Gasteiger partial charge in [-0.3, -0.25) is 0 Å². The van der Waals surface area contributed by atoms with Crippen LogP contribution in [0.1, 0.15) is 41.9 Å². The average molecular weight is 264 g/mol. The highest BCUT2D eigenvalue weighted by Crippen LogP contribution is 2.18. The lowest BCUT2D eigenvalue weighted by atomic mass is 10.3. The van der Waals surface area contributed by atoms with Crippen LogP contribution in [-0.4, -0.2) is 41.7 Å². The highest BCUT2D eigenvalue weighted by atomic mass is 28.4. The Morgan fingerprint density at radius 2 is 1.59 bits per heavy atom. The van der Waals surface area contributed by atoms with E-state index in [9.17, 15) is 0 Å². The molecule has 0 bridgehead atoms. The van der Waals surface area contributed by atoms with E-state index in [1.165, 1.54) is 0 Å². The van der Waals surface area contributed by atoms with Crippen molar-refractivity contribution in [2.75, 3.05) is 32.9 Å². The van der Waals surface area contributed by atoms with Crippen LogP contribution >= 0.6 is 0 Å². The Balaban J connectivity index is 3.97. The van der Waals surface area contributed by atoms with E-state index in [1.54, 1.807) is 0 Å². The summed E-state index contributed by atoms with van der Waals surface area (Å²) in [4.78, 5) is 0. The van der Waals surface area contributed by atoms with Crippen molar-refractivity contribution in [1.82, 2.24) is 5.32 Å². The van der Waals surface area contributed by atoms with Gasteiger partial charge in [0.15, 0.2) is 0 Å². The molecule has 0 aliphatic rings. The molecule has 0 heterocycles. The molecular formula is C12H29NO3Si. The zero-order valence-corrected chi connectivity index (χ0v) is 12.6. The summed E-state index contributed by atoms with van der Waals surface area (Å²) < 4.78 is 24.4. The maximum absolute atomic E-state index is 7.03. The van der Waals surface area contributed by atoms with Crippen LogP contribution in [0, 0.1) is 0 Å². The minimum Gasteiger partial charge on any atom is -0.374 e. The van der Waals surface area contributed by atoms with Crippen molar-refractivity contribution in [2.24, 2.45) is 0 Å². The van der Waals surface area contributed by atoms with E-state index >= 15 is 0 Å². The van der Waals surface area contributed by atoms with Crippen molar-refractivity contribution in [3.8, 4) is 0 Å². The standard InChI is InChI=1S/C12H29NO3Si/c1-5-13-11-9-10-12-17(14-6-2,15-7-3)16-8-4/h13H,5-12H2,1-4H3/i1D. The minimum absolute atomic E-state index is 0.440. The monoisotopic (exact) mass is 264 g/mol. The lowest BCUT2D eigenvalue weighted by Crippen LogP contribution is -2.46. The molecule has 0 aromatic rings. The first-order valence-corrected chi connectivity index (χ1v) is 8.59. The van der Waals surface area contributed by atoms with Gasteiger partial charge >= 0.3 is 8.80 Å². The molecule has 0 aromatic carbocycles. The molecule has 0 aliphatic carbocycles. The first kappa shape index (κ1) is 15.1. The maximum Gasteiger partial charge on any atom is 0.500 e. The number of nitrogens with one attached hydrogen (secondary N) is 1. The van der Waals surface area contributed by atoms with E-state index in [-0.39, 0.29) is 0 Å². The van der Waals surface area contributed by atoms with E-state index in [1.807, 2.05) is 20.8 Å². The van der Waals surface area contributed by atoms with Gasteiger partial charge in [-0.2, -0.15) is 0 Å². The molecule has 1 N–H and O–H groups in total. The van der Waals surface area contributed by atoms with Gasteiger partial charge in [0.05, 0.1) is 0 Å². The van der Waals surface area contributed by atoms with Gasteiger partial charge in [-0.25, -0.2) is 0 Å². The topological polar surface area (TPSA) is 39.7 Å². The molecule has 0 unspecified atom stereocenters. The largest absolute Gasteiger partial charge is 0.500 e. The number of hydrogen-bond donors (Lipinski definition) is 1. The third-order valence-electron chi connectivity index (χ3n) is 2.36. The van der Waals surface area contributed by atoms with Crippen LogP contribution in [0.3, 0.4) is 0 Å². The lowest BCUT2D eigenvalue weighted by molar-refractivity contribution is 0.0707. The van der Waals surface area contributed by atoms with Gasteiger partial charge in [0.1, 0.15) is 0 Å². The van der Waals surface area contributed by atoms with Crippen molar-refractivity contribution in [2.45, 2.75) is 46.6 Å². The van der Waals surface area contributed by atoms with Crippen LogP contribution < -0.4 is 5.32 Å². The smallest absolute Gasteiger partial charge is 0.374 e. The van der Waals surface area contributed by atoms with Gasteiger partial charge in [-0.15, -0.1) is 0 Å². The van der Waals surface area contributed by atoms with Crippen molar-refractivity contribution < 1.29 is 14.6 Å². The van der Waals surface area contributed by atoms with Crippen molar-refractivity contribution in [1.29, 1.82) is 0 Å². The van der Waals surface area contributed by atoms with Crippen LogP contribution in [0.2, 0.25) is 6.04 Å². The van der Waals surface area contributed by atoms with E-state index < -0.39 is 8.80 Å². The normalized spacial score (nSPS) is 12.8. The lowest BCUT2D eigenvalue weighted by Gasteiger charge is -2.28. The summed E-state index contributed by atoms with van der Waals surface area (Å²) in [5.41, 5.74) is 0. The average Bonchev–Trinajstić information content (AvgIpc) is 2.35. The van der Waals surface area contributed by atoms with Gasteiger partial charge < -0.3 is 18.6 Å². The molecule has 0 aromatic heterocycles. The second-order valence-corrected chi connectivity index (χ2v) is 6.42. The molecule has 0 atom stereocenters. The summed E-state index contributed by atoms with van der Waals surface area (Å²) in [6.45, 7) is 10.0. The molecule has 0 saturated carbocycles. The summed E-state index contributed by atoms with van der Waals surface area (Å²) in [6, 6.07) is 0.880. The van der Waals surface area contributed by atoms with Crippen LogP contribution in [-0.2, 0) is 13.3 Å². The number of hydrogen-bond acceptors (Lipinski definition) is 4. The van der Waals surface area contributed by atoms with Crippen LogP contribution in [0.25, 0.3) is 0 Å². The molecule has 0 fully saturated rings. The van der Waals surface area contributed by atoms with Crippen molar-refractivity contribution in [3.63, 3.8) is 0 Å². The number of rotatable bonds is 12. The first-order chi connectivity index (χ1) is 8.74. The molecule has 0 aliphatic heterocycles. The Morgan fingerprint density at radius 1 is 1.00 bits per heavy atom. The molecule has 0 amide bonds. The summed E-state index contributed by atoms with van der Waals surface area (Å²) in [5.74, 6) is 0. The number of unbranched alkanes of at least 4 members (excludes halogenated alkanes) is 1. The predicted molar refractivity (Wildman–Crippen MR) is 73.2 cm³/mol. The Kier molecular flexibility index (Phi) is 9.93. The zero-order chi connectivity index (χ0) is 13.7. The second-order valence-electron chi connectivity index (χ2n) is 3.69. The Hall–Kier alpha value is 0.0569. The molecule has 4 nitrogen and oxygen atoms in total. The SMILES string of the molecule is [2H]CCNCCCC[Si](OCC)(OCC)OCC.